The van der Waals surface area contributed by atoms with Crippen molar-refractivity contribution in [3.63, 3.8) is 0 Å². The van der Waals surface area contributed by atoms with Gasteiger partial charge in [0, 0.05) is 22.3 Å². The van der Waals surface area contributed by atoms with Gasteiger partial charge in [-0.2, -0.15) is 0 Å². The molecule has 0 bridgehead atoms. The van der Waals surface area contributed by atoms with Crippen LogP contribution in [0, 0.1) is 27.7 Å². The van der Waals surface area contributed by atoms with Gasteiger partial charge in [-0.25, -0.2) is 0 Å². The predicted molar refractivity (Wildman–Crippen MR) is 76.9 cm³/mol. The summed E-state index contributed by atoms with van der Waals surface area (Å²) in [6.07, 6.45) is 0. The monoisotopic (exact) mass is 308 g/mol. The van der Waals surface area contributed by atoms with Gasteiger partial charge >= 0.3 is 0 Å². The molecule has 3 nitrogen and oxygen atoms in total. The first kappa shape index (κ1) is 13.1. The Bertz CT molecular complexity index is 533. The van der Waals surface area contributed by atoms with E-state index >= 15 is 0 Å². The number of hydrogen-bond acceptors (Lipinski definition) is 3. The molecule has 0 aliphatic carbocycles. The Hall–Kier alpha value is -1.29. The fraction of sp³-hybridized carbons (Fsp3) is 0.357. The van der Waals surface area contributed by atoms with Gasteiger partial charge in [0.2, 0.25) is 0 Å². The highest BCUT2D eigenvalue weighted by molar-refractivity contribution is 9.10. The highest BCUT2D eigenvalue weighted by Crippen LogP contribution is 2.25. The lowest BCUT2D eigenvalue weighted by Gasteiger charge is -2.10. The molecule has 2 aromatic rings. The van der Waals surface area contributed by atoms with Crippen LogP contribution in [-0.4, -0.2) is 5.16 Å². The highest BCUT2D eigenvalue weighted by Gasteiger charge is 2.09. The topological polar surface area (TPSA) is 38.1 Å². The molecule has 4 heteroatoms. The van der Waals surface area contributed by atoms with Crippen molar-refractivity contribution >= 4 is 21.6 Å². The second kappa shape index (κ2) is 5.14. The van der Waals surface area contributed by atoms with Crippen LogP contribution < -0.4 is 5.32 Å². The third-order valence-corrected chi connectivity index (χ3v) is 4.34. The largest absolute Gasteiger partial charge is 0.381 e. The van der Waals surface area contributed by atoms with Gasteiger partial charge in [0.1, 0.15) is 5.76 Å². The van der Waals surface area contributed by atoms with Gasteiger partial charge in [-0.15, -0.1) is 0 Å². The van der Waals surface area contributed by atoms with Gasteiger partial charge in [0.05, 0.1) is 5.69 Å². The Morgan fingerprint density at radius 3 is 2.28 bits per heavy atom. The second-order valence-electron chi connectivity index (χ2n) is 4.58. The van der Waals surface area contributed by atoms with Crippen molar-refractivity contribution in [3.8, 4) is 0 Å². The number of hydrogen-bond donors (Lipinski definition) is 1. The van der Waals surface area contributed by atoms with E-state index < -0.39 is 0 Å². The summed E-state index contributed by atoms with van der Waals surface area (Å²) in [5, 5.41) is 7.37. The maximum Gasteiger partial charge on any atom is 0.138 e. The minimum Gasteiger partial charge on any atom is -0.381 e. The van der Waals surface area contributed by atoms with E-state index in [1.807, 2.05) is 13.8 Å². The molecule has 1 heterocycles. The molecule has 1 aromatic carbocycles. The number of nitrogens with zero attached hydrogens (tertiary/aromatic N) is 1. The smallest absolute Gasteiger partial charge is 0.138 e. The fourth-order valence-electron chi connectivity index (χ4n) is 1.99. The first-order valence-electron chi connectivity index (χ1n) is 5.91. The Kier molecular flexibility index (Phi) is 3.76. The Morgan fingerprint density at radius 1 is 1.17 bits per heavy atom. The standard InChI is InChI=1S/C14H17BrN2O/c1-8-5-12(6-9(2)14(8)15)16-7-13-10(3)17-18-11(13)4/h5-6,16H,7H2,1-4H3. The maximum absolute atomic E-state index is 5.15. The summed E-state index contributed by atoms with van der Waals surface area (Å²) >= 11 is 3.57. The number of halogens is 1. The molecule has 0 spiro atoms. The van der Waals surface area contributed by atoms with Crippen LogP contribution in [0.2, 0.25) is 0 Å². The average Bonchev–Trinajstić information content (AvgIpc) is 2.63. The zero-order valence-corrected chi connectivity index (χ0v) is 12.7. The van der Waals surface area contributed by atoms with E-state index in [1.54, 1.807) is 0 Å². The lowest BCUT2D eigenvalue weighted by atomic mass is 10.1. The number of aromatic nitrogens is 1. The molecule has 0 atom stereocenters. The van der Waals surface area contributed by atoms with Crippen molar-refractivity contribution in [2.75, 3.05) is 5.32 Å². The van der Waals surface area contributed by atoms with E-state index in [2.05, 4.69) is 52.4 Å². The van der Waals surface area contributed by atoms with Crippen LogP contribution in [0.1, 0.15) is 28.1 Å². The van der Waals surface area contributed by atoms with Crippen LogP contribution in [0.3, 0.4) is 0 Å². The van der Waals surface area contributed by atoms with E-state index in [1.165, 1.54) is 15.6 Å². The van der Waals surface area contributed by atoms with Crippen molar-refractivity contribution in [2.45, 2.75) is 34.2 Å². The first-order chi connectivity index (χ1) is 8.49. The minimum atomic E-state index is 0.738. The average molecular weight is 309 g/mol. The Balaban J connectivity index is 2.16. The van der Waals surface area contributed by atoms with Crippen molar-refractivity contribution < 1.29 is 4.52 Å². The number of rotatable bonds is 3. The molecule has 0 aliphatic heterocycles. The van der Waals surface area contributed by atoms with Gasteiger partial charge in [0.25, 0.3) is 0 Å². The van der Waals surface area contributed by atoms with Gasteiger partial charge < -0.3 is 9.84 Å². The van der Waals surface area contributed by atoms with E-state index in [9.17, 15) is 0 Å². The van der Waals surface area contributed by atoms with Crippen LogP contribution in [-0.2, 0) is 6.54 Å². The molecule has 1 N–H and O–H groups in total. The Labute approximate surface area is 116 Å². The van der Waals surface area contributed by atoms with E-state index in [4.69, 9.17) is 4.52 Å². The summed E-state index contributed by atoms with van der Waals surface area (Å²) in [5.74, 6) is 0.880. The molecule has 18 heavy (non-hydrogen) atoms. The minimum absolute atomic E-state index is 0.738. The van der Waals surface area contributed by atoms with Gasteiger partial charge in [-0.1, -0.05) is 21.1 Å². The number of benzene rings is 1. The van der Waals surface area contributed by atoms with Gasteiger partial charge in [-0.3, -0.25) is 0 Å². The number of aryl methyl sites for hydroxylation is 4. The zero-order chi connectivity index (χ0) is 13.3. The third-order valence-electron chi connectivity index (χ3n) is 3.09. The molecule has 0 fully saturated rings. The molecule has 96 valence electrons. The molecule has 0 saturated heterocycles. The summed E-state index contributed by atoms with van der Waals surface area (Å²) in [4.78, 5) is 0. The van der Waals surface area contributed by atoms with E-state index in [-0.39, 0.29) is 0 Å². The molecule has 2 rings (SSSR count). The molecular formula is C14H17BrN2O. The summed E-state index contributed by atoms with van der Waals surface area (Å²) in [5.41, 5.74) is 5.67. The molecule has 0 radical (unpaired) electrons. The van der Waals surface area contributed by atoms with Crippen molar-refractivity contribution in [1.29, 1.82) is 0 Å². The zero-order valence-electron chi connectivity index (χ0n) is 11.1. The summed E-state index contributed by atoms with van der Waals surface area (Å²) in [6, 6.07) is 4.27. The summed E-state index contributed by atoms with van der Waals surface area (Å²) in [6.45, 7) is 8.83. The van der Waals surface area contributed by atoms with Crippen molar-refractivity contribution in [1.82, 2.24) is 5.16 Å². The van der Waals surface area contributed by atoms with E-state index in [0.717, 1.165) is 29.2 Å². The van der Waals surface area contributed by atoms with E-state index in [0.29, 0.717) is 0 Å². The quantitative estimate of drug-likeness (QED) is 0.919. The lowest BCUT2D eigenvalue weighted by molar-refractivity contribution is 0.392. The third kappa shape index (κ3) is 2.58. The van der Waals surface area contributed by atoms with Crippen LogP contribution in [0.15, 0.2) is 21.1 Å². The summed E-state index contributed by atoms with van der Waals surface area (Å²) in [7, 11) is 0. The fourth-order valence-corrected chi connectivity index (χ4v) is 2.22. The molecule has 0 amide bonds. The second-order valence-corrected chi connectivity index (χ2v) is 5.37. The van der Waals surface area contributed by atoms with Gasteiger partial charge in [-0.05, 0) is 51.0 Å². The molecule has 0 aliphatic rings. The number of nitrogens with one attached hydrogen (secondary N) is 1. The molecule has 1 aromatic heterocycles. The van der Waals surface area contributed by atoms with Crippen LogP contribution in [0.4, 0.5) is 5.69 Å². The molecular weight excluding hydrogens is 292 g/mol. The van der Waals surface area contributed by atoms with Crippen molar-refractivity contribution in [3.05, 3.63) is 44.7 Å². The maximum atomic E-state index is 5.15. The summed E-state index contributed by atoms with van der Waals surface area (Å²) < 4.78 is 6.32. The normalized spacial score (nSPS) is 10.7. The predicted octanol–water partition coefficient (Wildman–Crippen LogP) is 4.28. The lowest BCUT2D eigenvalue weighted by Crippen LogP contribution is -2.02. The van der Waals surface area contributed by atoms with Crippen LogP contribution >= 0.6 is 15.9 Å². The molecule has 0 unspecified atom stereocenters. The highest BCUT2D eigenvalue weighted by atomic mass is 79.9. The van der Waals surface area contributed by atoms with Gasteiger partial charge in [0.15, 0.2) is 0 Å². The first-order valence-corrected chi connectivity index (χ1v) is 6.70. The Morgan fingerprint density at radius 2 is 1.78 bits per heavy atom. The SMILES string of the molecule is Cc1cc(NCc2c(C)noc2C)cc(C)c1Br. The van der Waals surface area contributed by atoms with Crippen molar-refractivity contribution in [2.24, 2.45) is 0 Å². The van der Waals surface area contributed by atoms with Crippen LogP contribution in [0.25, 0.3) is 0 Å². The number of anilines is 1. The molecule has 0 saturated carbocycles. The van der Waals surface area contributed by atoms with Crippen LogP contribution in [0.5, 0.6) is 0 Å².